The van der Waals surface area contributed by atoms with Gasteiger partial charge in [0.15, 0.2) is 0 Å². The van der Waals surface area contributed by atoms with Crippen molar-refractivity contribution < 1.29 is 4.74 Å². The highest BCUT2D eigenvalue weighted by atomic mass is 32.2. The maximum Gasteiger partial charge on any atom is 0.0599 e. The van der Waals surface area contributed by atoms with Gasteiger partial charge in [-0.2, -0.15) is 11.8 Å². The Morgan fingerprint density at radius 2 is 2.12 bits per heavy atom. The summed E-state index contributed by atoms with van der Waals surface area (Å²) < 4.78 is 5.71. The molecule has 0 aliphatic carbocycles. The minimum absolute atomic E-state index is 0.493. The topological polar surface area (TPSA) is 38.5 Å². The van der Waals surface area contributed by atoms with E-state index in [0.717, 1.165) is 19.1 Å². The van der Waals surface area contributed by atoms with Gasteiger partial charge in [-0.3, -0.25) is 4.90 Å². The zero-order chi connectivity index (χ0) is 12.1. The van der Waals surface area contributed by atoms with Crippen LogP contribution in [-0.4, -0.2) is 54.8 Å². The van der Waals surface area contributed by atoms with E-state index in [1.165, 1.54) is 43.9 Å². The Labute approximate surface area is 109 Å². The molecule has 2 fully saturated rings. The van der Waals surface area contributed by atoms with E-state index < -0.39 is 0 Å². The Morgan fingerprint density at radius 3 is 2.65 bits per heavy atom. The Balaban J connectivity index is 1.81. The van der Waals surface area contributed by atoms with Crippen LogP contribution in [-0.2, 0) is 4.74 Å². The maximum atomic E-state index is 5.99. The molecule has 2 N–H and O–H groups in total. The van der Waals surface area contributed by atoms with Gasteiger partial charge in [0.25, 0.3) is 0 Å². The average Bonchev–Trinajstić information content (AvgIpc) is 2.86. The second-order valence-electron chi connectivity index (χ2n) is 5.12. The molecular formula is C13H26N2OS. The van der Waals surface area contributed by atoms with Gasteiger partial charge in [-0.25, -0.2) is 0 Å². The number of hydrogen-bond acceptors (Lipinski definition) is 4. The SMILES string of the molecule is CCOC1CCN(C(CN)C2CCSC2)CC1. The molecule has 2 aliphatic heterocycles. The molecule has 2 saturated heterocycles. The molecule has 4 heteroatoms. The summed E-state index contributed by atoms with van der Waals surface area (Å²) in [5.74, 6) is 3.47. The average molecular weight is 258 g/mol. The number of hydrogen-bond donors (Lipinski definition) is 1. The van der Waals surface area contributed by atoms with Gasteiger partial charge < -0.3 is 10.5 Å². The minimum Gasteiger partial charge on any atom is -0.378 e. The van der Waals surface area contributed by atoms with Crippen molar-refractivity contribution in [3.05, 3.63) is 0 Å². The standard InChI is InChI=1S/C13H26N2OS/c1-2-16-12-3-6-15(7-4-12)13(9-14)11-5-8-17-10-11/h11-13H,2-10,14H2,1H3. The molecule has 100 valence electrons. The Kier molecular flexibility index (Phi) is 5.60. The van der Waals surface area contributed by atoms with Crippen molar-refractivity contribution in [2.75, 3.05) is 37.7 Å². The van der Waals surface area contributed by atoms with Gasteiger partial charge in [0.05, 0.1) is 6.10 Å². The molecule has 2 atom stereocenters. The van der Waals surface area contributed by atoms with E-state index in [0.29, 0.717) is 12.1 Å². The number of nitrogens with two attached hydrogens (primary N) is 1. The molecule has 2 heterocycles. The summed E-state index contributed by atoms with van der Waals surface area (Å²) in [7, 11) is 0. The molecule has 0 aromatic rings. The molecular weight excluding hydrogens is 232 g/mol. The van der Waals surface area contributed by atoms with Crippen LogP contribution in [0.25, 0.3) is 0 Å². The highest BCUT2D eigenvalue weighted by Crippen LogP contribution is 2.30. The van der Waals surface area contributed by atoms with Crippen LogP contribution >= 0.6 is 11.8 Å². The fourth-order valence-corrected chi connectivity index (χ4v) is 4.43. The van der Waals surface area contributed by atoms with E-state index in [2.05, 4.69) is 23.6 Å². The summed E-state index contributed by atoms with van der Waals surface area (Å²) in [4.78, 5) is 2.62. The largest absolute Gasteiger partial charge is 0.378 e. The van der Waals surface area contributed by atoms with Crippen LogP contribution in [0.1, 0.15) is 26.2 Å². The fourth-order valence-electron chi connectivity index (χ4n) is 3.11. The fraction of sp³-hybridized carbons (Fsp3) is 1.00. The molecule has 0 bridgehead atoms. The molecule has 2 unspecified atom stereocenters. The van der Waals surface area contributed by atoms with Crippen LogP contribution < -0.4 is 5.73 Å². The Bertz CT molecular complexity index is 213. The molecule has 0 aromatic heterocycles. The van der Waals surface area contributed by atoms with Gasteiger partial charge in [-0.1, -0.05) is 0 Å². The number of piperidine rings is 1. The lowest BCUT2D eigenvalue weighted by molar-refractivity contribution is -0.000998. The van der Waals surface area contributed by atoms with Crippen LogP contribution in [0.5, 0.6) is 0 Å². The molecule has 0 amide bonds. The summed E-state index contributed by atoms with van der Waals surface area (Å²) in [6, 6.07) is 0.618. The second-order valence-corrected chi connectivity index (χ2v) is 6.27. The number of likely N-dealkylation sites (tertiary alicyclic amines) is 1. The molecule has 17 heavy (non-hydrogen) atoms. The molecule has 0 aromatic carbocycles. The first-order valence-electron chi connectivity index (χ1n) is 6.98. The van der Waals surface area contributed by atoms with E-state index in [1.807, 2.05) is 0 Å². The normalized spacial score (nSPS) is 29.6. The van der Waals surface area contributed by atoms with E-state index in [1.54, 1.807) is 0 Å². The Morgan fingerprint density at radius 1 is 1.35 bits per heavy atom. The third-order valence-corrected chi connectivity index (χ3v) is 5.29. The number of ether oxygens (including phenoxy) is 1. The zero-order valence-corrected chi connectivity index (χ0v) is 11.8. The summed E-state index contributed by atoms with van der Waals surface area (Å²) >= 11 is 2.09. The molecule has 0 radical (unpaired) electrons. The monoisotopic (exact) mass is 258 g/mol. The summed E-state index contributed by atoms with van der Waals surface area (Å²) in [6.45, 7) is 6.11. The zero-order valence-electron chi connectivity index (χ0n) is 10.9. The summed E-state index contributed by atoms with van der Waals surface area (Å²) in [5, 5.41) is 0. The Hall–Kier alpha value is 0.230. The van der Waals surface area contributed by atoms with E-state index >= 15 is 0 Å². The van der Waals surface area contributed by atoms with Crippen molar-refractivity contribution >= 4 is 11.8 Å². The van der Waals surface area contributed by atoms with Crippen molar-refractivity contribution in [1.29, 1.82) is 0 Å². The van der Waals surface area contributed by atoms with Crippen molar-refractivity contribution in [3.63, 3.8) is 0 Å². The van der Waals surface area contributed by atoms with Crippen LogP contribution in [0.15, 0.2) is 0 Å². The minimum atomic E-state index is 0.493. The quantitative estimate of drug-likeness (QED) is 0.812. The number of rotatable bonds is 5. The van der Waals surface area contributed by atoms with Gasteiger partial charge in [0, 0.05) is 32.3 Å². The number of nitrogens with zero attached hydrogens (tertiary/aromatic N) is 1. The third kappa shape index (κ3) is 3.60. The molecule has 2 aliphatic rings. The smallest absolute Gasteiger partial charge is 0.0599 e. The highest BCUT2D eigenvalue weighted by molar-refractivity contribution is 7.99. The number of thioether (sulfide) groups is 1. The van der Waals surface area contributed by atoms with Gasteiger partial charge in [0.2, 0.25) is 0 Å². The summed E-state index contributed by atoms with van der Waals surface area (Å²) in [6.07, 6.45) is 4.22. The van der Waals surface area contributed by atoms with Crippen molar-refractivity contribution in [1.82, 2.24) is 4.90 Å². The molecule has 0 spiro atoms. The lowest BCUT2D eigenvalue weighted by Gasteiger charge is -2.39. The predicted octanol–water partition coefficient (Wildman–Crippen LogP) is 1.57. The maximum absolute atomic E-state index is 5.99. The van der Waals surface area contributed by atoms with Crippen LogP contribution in [0.2, 0.25) is 0 Å². The molecule has 0 saturated carbocycles. The van der Waals surface area contributed by atoms with E-state index in [-0.39, 0.29) is 0 Å². The first kappa shape index (κ1) is 13.7. The van der Waals surface area contributed by atoms with Crippen molar-refractivity contribution in [3.8, 4) is 0 Å². The van der Waals surface area contributed by atoms with Gasteiger partial charge >= 0.3 is 0 Å². The predicted molar refractivity (Wildman–Crippen MR) is 74.5 cm³/mol. The van der Waals surface area contributed by atoms with Gasteiger partial charge in [0.1, 0.15) is 0 Å². The van der Waals surface area contributed by atoms with Crippen LogP contribution in [0.3, 0.4) is 0 Å². The van der Waals surface area contributed by atoms with E-state index in [9.17, 15) is 0 Å². The lowest BCUT2D eigenvalue weighted by Crippen LogP contribution is -2.50. The first-order valence-corrected chi connectivity index (χ1v) is 8.14. The van der Waals surface area contributed by atoms with Crippen LogP contribution in [0, 0.1) is 5.92 Å². The lowest BCUT2D eigenvalue weighted by atomic mass is 9.95. The highest BCUT2D eigenvalue weighted by Gasteiger charge is 2.31. The van der Waals surface area contributed by atoms with Gasteiger partial charge in [-0.05, 0) is 43.6 Å². The molecule has 2 rings (SSSR count). The van der Waals surface area contributed by atoms with Gasteiger partial charge in [-0.15, -0.1) is 0 Å². The van der Waals surface area contributed by atoms with Crippen LogP contribution in [0.4, 0.5) is 0 Å². The van der Waals surface area contributed by atoms with E-state index in [4.69, 9.17) is 10.5 Å². The second kappa shape index (κ2) is 6.98. The van der Waals surface area contributed by atoms with Crippen molar-refractivity contribution in [2.45, 2.75) is 38.3 Å². The van der Waals surface area contributed by atoms with Crippen molar-refractivity contribution in [2.24, 2.45) is 11.7 Å². The third-order valence-electron chi connectivity index (χ3n) is 4.10. The summed E-state index contributed by atoms with van der Waals surface area (Å²) in [5.41, 5.74) is 5.99. The first-order chi connectivity index (χ1) is 8.35. The molecule has 3 nitrogen and oxygen atoms in total.